The van der Waals surface area contributed by atoms with Crippen molar-refractivity contribution in [3.05, 3.63) is 45.6 Å². The number of H-pyrrole nitrogens is 1. The predicted molar refractivity (Wildman–Crippen MR) is 90.5 cm³/mol. The minimum Gasteiger partial charge on any atom is -0.309 e. The Hall–Kier alpha value is -3.04. The number of aryl methyl sites for hydroxylation is 2. The van der Waals surface area contributed by atoms with Crippen molar-refractivity contribution in [2.45, 2.75) is 39.7 Å². The fourth-order valence-corrected chi connectivity index (χ4v) is 2.83. The SMILES string of the molecule is Cc1nc2cc(=O)[nH]n2c(C)c1CCC(=O)Nc1ccn(CC(F)F)n1. The van der Waals surface area contributed by atoms with Crippen molar-refractivity contribution in [3.8, 4) is 0 Å². The molecule has 0 aliphatic heterocycles. The van der Waals surface area contributed by atoms with Gasteiger partial charge in [-0.2, -0.15) is 5.10 Å². The lowest BCUT2D eigenvalue weighted by molar-refractivity contribution is -0.116. The van der Waals surface area contributed by atoms with Crippen molar-refractivity contribution in [1.29, 1.82) is 0 Å². The number of fused-ring (bicyclic) bond motifs is 1. The van der Waals surface area contributed by atoms with Gasteiger partial charge in [0, 0.05) is 36.1 Å². The maximum absolute atomic E-state index is 12.3. The summed E-state index contributed by atoms with van der Waals surface area (Å²) in [5.74, 6) is -0.0559. The zero-order valence-corrected chi connectivity index (χ0v) is 14.3. The van der Waals surface area contributed by atoms with Crippen LogP contribution in [-0.2, 0) is 17.8 Å². The minimum atomic E-state index is -2.51. The van der Waals surface area contributed by atoms with Crippen molar-refractivity contribution in [2.24, 2.45) is 0 Å². The lowest BCUT2D eigenvalue weighted by Gasteiger charge is -2.11. The van der Waals surface area contributed by atoms with Gasteiger partial charge >= 0.3 is 0 Å². The van der Waals surface area contributed by atoms with Crippen LogP contribution in [0.1, 0.15) is 23.4 Å². The molecule has 0 unspecified atom stereocenters. The molecule has 0 saturated carbocycles. The smallest absolute Gasteiger partial charge is 0.266 e. The summed E-state index contributed by atoms with van der Waals surface area (Å²) in [5.41, 5.74) is 2.71. The standard InChI is InChI=1S/C16H18F2N6O2/c1-9-11(10(2)24-14(19-9)7-16(26)22-24)3-4-15(25)20-13-5-6-23(21-13)8-12(17)18/h5-7,12H,3-4,8H2,1-2H3,(H,22,26)(H,20,21,25). The van der Waals surface area contributed by atoms with Crippen molar-refractivity contribution in [1.82, 2.24) is 24.4 Å². The molecule has 26 heavy (non-hydrogen) atoms. The van der Waals surface area contributed by atoms with E-state index in [1.165, 1.54) is 18.3 Å². The highest BCUT2D eigenvalue weighted by Gasteiger charge is 2.13. The van der Waals surface area contributed by atoms with E-state index in [0.29, 0.717) is 12.1 Å². The van der Waals surface area contributed by atoms with Gasteiger partial charge in [-0.3, -0.25) is 19.4 Å². The summed E-state index contributed by atoms with van der Waals surface area (Å²) in [6, 6.07) is 2.88. The Balaban J connectivity index is 1.67. The molecule has 0 radical (unpaired) electrons. The Kier molecular flexibility index (Phi) is 4.83. The number of carbonyl (C=O) groups is 1. The van der Waals surface area contributed by atoms with Crippen molar-refractivity contribution in [3.63, 3.8) is 0 Å². The molecule has 8 nitrogen and oxygen atoms in total. The molecule has 10 heteroatoms. The molecule has 0 fully saturated rings. The lowest BCUT2D eigenvalue weighted by atomic mass is 10.1. The quantitative estimate of drug-likeness (QED) is 0.695. The summed E-state index contributed by atoms with van der Waals surface area (Å²) in [6.45, 7) is 3.15. The largest absolute Gasteiger partial charge is 0.309 e. The first kappa shape index (κ1) is 17.8. The molecule has 3 heterocycles. The van der Waals surface area contributed by atoms with E-state index >= 15 is 0 Å². The highest BCUT2D eigenvalue weighted by molar-refractivity contribution is 5.89. The van der Waals surface area contributed by atoms with Crippen LogP contribution < -0.4 is 10.9 Å². The molecule has 3 aromatic rings. The number of alkyl halides is 2. The van der Waals surface area contributed by atoms with Crippen LogP contribution in [-0.4, -0.2) is 36.7 Å². The van der Waals surface area contributed by atoms with Crippen LogP contribution in [0.3, 0.4) is 0 Å². The van der Waals surface area contributed by atoms with Crippen molar-refractivity contribution in [2.75, 3.05) is 5.32 Å². The summed E-state index contributed by atoms with van der Waals surface area (Å²) in [5, 5.41) is 9.12. The topological polar surface area (TPSA) is 97.1 Å². The van der Waals surface area contributed by atoms with E-state index in [9.17, 15) is 18.4 Å². The van der Waals surface area contributed by atoms with Gasteiger partial charge in [-0.05, 0) is 25.8 Å². The first-order valence-electron chi connectivity index (χ1n) is 8.03. The van der Waals surface area contributed by atoms with Crippen LogP contribution >= 0.6 is 0 Å². The molecule has 0 saturated heterocycles. The van der Waals surface area contributed by atoms with Gasteiger partial charge in [-0.1, -0.05) is 0 Å². The molecular weight excluding hydrogens is 346 g/mol. The fourth-order valence-electron chi connectivity index (χ4n) is 2.83. The Morgan fingerprint density at radius 3 is 2.88 bits per heavy atom. The van der Waals surface area contributed by atoms with Crippen LogP contribution in [0.5, 0.6) is 0 Å². The van der Waals surface area contributed by atoms with Crippen molar-refractivity contribution >= 4 is 17.4 Å². The third kappa shape index (κ3) is 3.79. The molecular formula is C16H18F2N6O2. The molecule has 0 aliphatic rings. The minimum absolute atomic E-state index is 0.169. The Labute approximate surface area is 146 Å². The molecule has 0 atom stereocenters. The Morgan fingerprint density at radius 1 is 1.38 bits per heavy atom. The zero-order valence-electron chi connectivity index (χ0n) is 14.3. The molecule has 3 rings (SSSR count). The fraction of sp³-hybridized carbons (Fsp3) is 0.375. The van der Waals surface area contributed by atoms with Crippen LogP contribution in [0.15, 0.2) is 23.1 Å². The van der Waals surface area contributed by atoms with Crippen LogP contribution in [0, 0.1) is 13.8 Å². The molecule has 0 aliphatic carbocycles. The normalized spacial score (nSPS) is 11.4. The molecule has 0 bridgehead atoms. The number of aromatic amines is 1. The summed E-state index contributed by atoms with van der Waals surface area (Å²) in [7, 11) is 0. The number of nitrogens with one attached hydrogen (secondary N) is 2. The maximum atomic E-state index is 12.3. The molecule has 0 spiro atoms. The van der Waals surface area contributed by atoms with E-state index in [0.717, 1.165) is 21.6 Å². The molecule has 0 aromatic carbocycles. The van der Waals surface area contributed by atoms with E-state index in [1.807, 2.05) is 13.8 Å². The van der Waals surface area contributed by atoms with Crippen LogP contribution in [0.2, 0.25) is 0 Å². The van der Waals surface area contributed by atoms with Gasteiger partial charge < -0.3 is 5.32 Å². The van der Waals surface area contributed by atoms with Gasteiger partial charge in [0.05, 0.1) is 0 Å². The second kappa shape index (κ2) is 7.06. The van der Waals surface area contributed by atoms with Crippen molar-refractivity contribution < 1.29 is 13.6 Å². The van der Waals surface area contributed by atoms with Crippen LogP contribution in [0.4, 0.5) is 14.6 Å². The summed E-state index contributed by atoms with van der Waals surface area (Å²) >= 11 is 0. The number of rotatable bonds is 6. The summed E-state index contributed by atoms with van der Waals surface area (Å²) in [4.78, 5) is 27.9. The Bertz CT molecular complexity index is 1000. The molecule has 138 valence electrons. The first-order valence-corrected chi connectivity index (χ1v) is 8.03. The monoisotopic (exact) mass is 364 g/mol. The average Bonchev–Trinajstić information content (AvgIpc) is 3.12. The third-order valence-corrected chi connectivity index (χ3v) is 4.04. The number of amides is 1. The average molecular weight is 364 g/mol. The van der Waals surface area contributed by atoms with Gasteiger partial charge in [0.25, 0.3) is 12.0 Å². The lowest BCUT2D eigenvalue weighted by Crippen LogP contribution is -2.15. The van der Waals surface area contributed by atoms with E-state index in [1.54, 1.807) is 4.52 Å². The van der Waals surface area contributed by atoms with E-state index in [-0.39, 0.29) is 23.7 Å². The van der Waals surface area contributed by atoms with E-state index in [2.05, 4.69) is 20.5 Å². The highest BCUT2D eigenvalue weighted by atomic mass is 19.3. The second-order valence-electron chi connectivity index (χ2n) is 5.94. The Morgan fingerprint density at radius 2 is 2.15 bits per heavy atom. The number of hydrogen-bond acceptors (Lipinski definition) is 4. The predicted octanol–water partition coefficient (Wildman–Crippen LogP) is 1.67. The zero-order chi connectivity index (χ0) is 18.8. The number of anilines is 1. The number of hydrogen-bond donors (Lipinski definition) is 2. The van der Waals surface area contributed by atoms with Gasteiger partial charge in [0.2, 0.25) is 5.91 Å². The first-order chi connectivity index (χ1) is 12.3. The van der Waals surface area contributed by atoms with Crippen LogP contribution in [0.25, 0.3) is 5.65 Å². The molecule has 2 N–H and O–H groups in total. The molecule has 3 aromatic heterocycles. The summed E-state index contributed by atoms with van der Waals surface area (Å²) < 4.78 is 27.3. The number of aromatic nitrogens is 5. The van der Waals surface area contributed by atoms with E-state index in [4.69, 9.17) is 0 Å². The second-order valence-corrected chi connectivity index (χ2v) is 5.94. The summed E-state index contributed by atoms with van der Waals surface area (Å²) in [6.07, 6.45) is -0.532. The van der Waals surface area contributed by atoms with Gasteiger partial charge in [0.15, 0.2) is 11.5 Å². The van der Waals surface area contributed by atoms with Gasteiger partial charge in [0.1, 0.15) is 6.54 Å². The van der Waals surface area contributed by atoms with E-state index < -0.39 is 13.0 Å². The number of carbonyl (C=O) groups excluding carboxylic acids is 1. The third-order valence-electron chi connectivity index (χ3n) is 4.04. The highest BCUT2D eigenvalue weighted by Crippen LogP contribution is 2.15. The number of nitrogens with zero attached hydrogens (tertiary/aromatic N) is 4. The van der Waals surface area contributed by atoms with Gasteiger partial charge in [-0.25, -0.2) is 18.3 Å². The molecule has 1 amide bonds. The maximum Gasteiger partial charge on any atom is 0.266 e. The van der Waals surface area contributed by atoms with Gasteiger partial charge in [-0.15, -0.1) is 0 Å². The number of halogens is 2.